The van der Waals surface area contributed by atoms with Crippen LogP contribution in [0.4, 0.5) is 10.2 Å². The fourth-order valence-corrected chi connectivity index (χ4v) is 4.36. The Balaban J connectivity index is 1.75. The smallest absolute Gasteiger partial charge is 0.266 e. The molecule has 0 saturated heterocycles. The molecule has 0 aliphatic rings. The highest BCUT2D eigenvalue weighted by atomic mass is 32.2. The number of nitrogens with zero attached hydrogens (tertiary/aromatic N) is 2. The zero-order valence-electron chi connectivity index (χ0n) is 13.5. The number of carbonyl (C=O) groups excluding carboxylic acids is 1. The molecule has 7 nitrogen and oxygen atoms in total. The fourth-order valence-electron chi connectivity index (χ4n) is 2.48. The summed E-state index contributed by atoms with van der Waals surface area (Å²) in [6.45, 7) is 0. The van der Waals surface area contributed by atoms with Crippen LogP contribution in [0.2, 0.25) is 0 Å². The number of fused-ring (bicyclic) bond motifs is 1. The first-order valence-corrected chi connectivity index (χ1v) is 10.0. The summed E-state index contributed by atoms with van der Waals surface area (Å²) in [4.78, 5) is 16.4. The summed E-state index contributed by atoms with van der Waals surface area (Å²) < 4.78 is 38.9. The number of hydrogen-bond acceptors (Lipinski definition) is 6. The lowest BCUT2D eigenvalue weighted by atomic mass is 10.3. The zero-order chi connectivity index (χ0) is 19.0. The van der Waals surface area contributed by atoms with E-state index < -0.39 is 15.7 Å². The molecule has 0 spiro atoms. The first-order chi connectivity index (χ1) is 12.9. The van der Waals surface area contributed by atoms with E-state index in [-0.39, 0.29) is 27.2 Å². The normalized spacial score (nSPS) is 11.6. The molecule has 10 heteroatoms. The molecule has 0 unspecified atom stereocenters. The second-order valence-electron chi connectivity index (χ2n) is 5.53. The third kappa shape index (κ3) is 3.20. The number of benzene rings is 1. The highest BCUT2D eigenvalue weighted by Gasteiger charge is 2.21. The maximum atomic E-state index is 13.4. The van der Waals surface area contributed by atoms with Gasteiger partial charge in [-0.25, -0.2) is 17.8 Å². The van der Waals surface area contributed by atoms with Gasteiger partial charge in [0.2, 0.25) is 9.84 Å². The Morgan fingerprint density at radius 3 is 2.74 bits per heavy atom. The Morgan fingerprint density at radius 2 is 2.00 bits per heavy atom. The molecule has 1 aromatic carbocycles. The van der Waals surface area contributed by atoms with Crippen LogP contribution in [0.1, 0.15) is 9.67 Å². The van der Waals surface area contributed by atoms with Gasteiger partial charge in [-0.05, 0) is 35.7 Å². The van der Waals surface area contributed by atoms with Crippen molar-refractivity contribution in [2.24, 2.45) is 0 Å². The van der Waals surface area contributed by atoms with E-state index in [0.29, 0.717) is 10.3 Å². The maximum absolute atomic E-state index is 13.4. The Hall–Kier alpha value is -3.11. The molecule has 0 radical (unpaired) electrons. The number of carbonyl (C=O) groups is 1. The van der Waals surface area contributed by atoms with E-state index in [4.69, 9.17) is 0 Å². The molecule has 3 aromatic heterocycles. The second-order valence-corrected chi connectivity index (χ2v) is 8.43. The van der Waals surface area contributed by atoms with Crippen molar-refractivity contribution in [3.8, 4) is 0 Å². The first-order valence-electron chi connectivity index (χ1n) is 7.65. The molecule has 0 atom stereocenters. The van der Waals surface area contributed by atoms with Crippen LogP contribution in [-0.2, 0) is 9.84 Å². The minimum absolute atomic E-state index is 0.131. The lowest BCUT2D eigenvalue weighted by Gasteiger charge is -2.05. The summed E-state index contributed by atoms with van der Waals surface area (Å²) in [6, 6.07) is 9.47. The number of amides is 1. The molecule has 0 fully saturated rings. The van der Waals surface area contributed by atoms with Crippen molar-refractivity contribution in [2.45, 2.75) is 9.79 Å². The first kappa shape index (κ1) is 17.3. The van der Waals surface area contributed by atoms with Gasteiger partial charge in [0.25, 0.3) is 5.91 Å². The van der Waals surface area contributed by atoms with Crippen molar-refractivity contribution >= 4 is 43.9 Å². The number of hydrogen-bond donors (Lipinski definition) is 2. The van der Waals surface area contributed by atoms with Crippen molar-refractivity contribution in [3.63, 3.8) is 0 Å². The lowest BCUT2D eigenvalue weighted by molar-refractivity contribution is 0.103. The highest BCUT2D eigenvalue weighted by molar-refractivity contribution is 7.91. The van der Waals surface area contributed by atoms with Crippen LogP contribution in [0.5, 0.6) is 0 Å². The molecular weight excluding hydrogens is 391 g/mol. The van der Waals surface area contributed by atoms with Gasteiger partial charge in [-0.3, -0.25) is 9.89 Å². The number of thiophene rings is 1. The number of aromatic nitrogens is 3. The van der Waals surface area contributed by atoms with Crippen molar-refractivity contribution in [3.05, 3.63) is 64.7 Å². The van der Waals surface area contributed by atoms with E-state index >= 15 is 0 Å². The molecule has 0 aliphatic carbocycles. The van der Waals surface area contributed by atoms with Gasteiger partial charge in [-0.2, -0.15) is 5.10 Å². The van der Waals surface area contributed by atoms with Gasteiger partial charge in [-0.15, -0.1) is 11.3 Å². The number of sulfone groups is 1. The number of anilines is 1. The standard InChI is InChI=1S/C17H11FN4O3S2/c18-10-3-1-4-11(7-10)27(24,25)12-8-13-15(19-9-12)21-22-16(13)20-17(23)14-5-2-6-26-14/h1-9H,(H2,19,20,21,22,23). The third-order valence-corrected chi connectivity index (χ3v) is 6.37. The molecule has 3 heterocycles. The number of rotatable bonds is 4. The SMILES string of the molecule is O=C(Nc1[nH]nc2ncc(S(=O)(=O)c3cccc(F)c3)cc12)c1cccs1. The quantitative estimate of drug-likeness (QED) is 0.545. The zero-order valence-corrected chi connectivity index (χ0v) is 15.1. The fraction of sp³-hybridized carbons (Fsp3) is 0. The maximum Gasteiger partial charge on any atom is 0.266 e. The van der Waals surface area contributed by atoms with E-state index in [9.17, 15) is 17.6 Å². The van der Waals surface area contributed by atoms with Gasteiger partial charge in [0, 0.05) is 6.20 Å². The van der Waals surface area contributed by atoms with Crippen LogP contribution in [0.3, 0.4) is 0 Å². The van der Waals surface area contributed by atoms with Crippen molar-refractivity contribution in [1.29, 1.82) is 0 Å². The van der Waals surface area contributed by atoms with Crippen LogP contribution in [0.25, 0.3) is 11.0 Å². The Bertz CT molecular complexity index is 1250. The largest absolute Gasteiger partial charge is 0.306 e. The molecule has 0 bridgehead atoms. The van der Waals surface area contributed by atoms with Crippen LogP contribution in [0.15, 0.2) is 63.8 Å². The molecule has 1 amide bonds. The topological polar surface area (TPSA) is 105 Å². The summed E-state index contributed by atoms with van der Waals surface area (Å²) in [5.74, 6) is -0.779. The number of aromatic amines is 1. The van der Waals surface area contributed by atoms with Crippen molar-refractivity contribution in [1.82, 2.24) is 15.2 Å². The van der Waals surface area contributed by atoms with E-state index in [0.717, 1.165) is 18.3 Å². The van der Waals surface area contributed by atoms with Crippen LogP contribution in [-0.4, -0.2) is 29.5 Å². The molecule has 0 aliphatic heterocycles. The van der Waals surface area contributed by atoms with Gasteiger partial charge in [0.1, 0.15) is 11.6 Å². The number of pyridine rings is 1. The monoisotopic (exact) mass is 402 g/mol. The molecule has 136 valence electrons. The lowest BCUT2D eigenvalue weighted by Crippen LogP contribution is -2.10. The summed E-state index contributed by atoms with van der Waals surface area (Å²) in [5, 5.41) is 11.4. The van der Waals surface area contributed by atoms with Crippen LogP contribution < -0.4 is 5.32 Å². The predicted octanol–water partition coefficient (Wildman–Crippen LogP) is 3.24. The van der Waals surface area contributed by atoms with Gasteiger partial charge >= 0.3 is 0 Å². The molecular formula is C17H11FN4O3S2. The Morgan fingerprint density at radius 1 is 1.15 bits per heavy atom. The van der Waals surface area contributed by atoms with Gasteiger partial charge < -0.3 is 5.32 Å². The molecule has 0 saturated carbocycles. The van der Waals surface area contributed by atoms with Gasteiger partial charge in [0.05, 0.1) is 20.1 Å². The highest BCUT2D eigenvalue weighted by Crippen LogP contribution is 2.27. The predicted molar refractivity (Wildman–Crippen MR) is 98.0 cm³/mol. The van der Waals surface area contributed by atoms with E-state index in [1.807, 2.05) is 0 Å². The summed E-state index contributed by atoms with van der Waals surface area (Å²) in [7, 11) is -3.97. The minimum atomic E-state index is -3.97. The number of H-pyrrole nitrogens is 1. The third-order valence-electron chi connectivity index (χ3n) is 3.78. The summed E-state index contributed by atoms with van der Waals surface area (Å²) >= 11 is 1.27. The summed E-state index contributed by atoms with van der Waals surface area (Å²) in [6.07, 6.45) is 1.15. The molecule has 4 rings (SSSR count). The molecule has 2 N–H and O–H groups in total. The van der Waals surface area contributed by atoms with Crippen LogP contribution in [0, 0.1) is 5.82 Å². The van der Waals surface area contributed by atoms with Crippen LogP contribution >= 0.6 is 11.3 Å². The van der Waals surface area contributed by atoms with E-state index in [2.05, 4.69) is 20.5 Å². The van der Waals surface area contributed by atoms with Crippen molar-refractivity contribution in [2.75, 3.05) is 5.32 Å². The Labute approximate surface area is 156 Å². The van der Waals surface area contributed by atoms with Crippen molar-refractivity contribution < 1.29 is 17.6 Å². The second kappa shape index (κ2) is 6.56. The minimum Gasteiger partial charge on any atom is -0.306 e. The summed E-state index contributed by atoms with van der Waals surface area (Å²) in [5.41, 5.74) is 0.245. The van der Waals surface area contributed by atoms with E-state index in [1.165, 1.54) is 29.5 Å². The average Bonchev–Trinajstić information content (AvgIpc) is 3.32. The van der Waals surface area contributed by atoms with E-state index in [1.54, 1.807) is 17.5 Å². The molecule has 4 aromatic rings. The average molecular weight is 402 g/mol. The molecule has 27 heavy (non-hydrogen) atoms. The number of halogens is 1. The van der Waals surface area contributed by atoms with Gasteiger partial charge in [0.15, 0.2) is 5.65 Å². The Kier molecular flexibility index (Phi) is 4.21. The van der Waals surface area contributed by atoms with Gasteiger partial charge in [-0.1, -0.05) is 12.1 Å². The number of nitrogens with one attached hydrogen (secondary N) is 2.